The summed E-state index contributed by atoms with van der Waals surface area (Å²) in [4.78, 5) is 45.1. The summed E-state index contributed by atoms with van der Waals surface area (Å²) < 4.78 is 55.7. The Kier molecular flexibility index (Phi) is 10.8. The van der Waals surface area contributed by atoms with Crippen LogP contribution in [0.4, 0.5) is 13.2 Å². The highest BCUT2D eigenvalue weighted by atomic mass is 35.5. The highest BCUT2D eigenvalue weighted by Gasteiger charge is 2.61. The average molecular weight is 647 g/mol. The van der Waals surface area contributed by atoms with Crippen LogP contribution in [-0.2, 0) is 18.9 Å². The third kappa shape index (κ3) is 7.61. The second-order valence-corrected chi connectivity index (χ2v) is 13.4. The topological polar surface area (TPSA) is 104 Å². The molecule has 0 atom stereocenters. The number of benzene rings is 2. The second-order valence-electron chi connectivity index (χ2n) is 6.64. The maximum absolute atomic E-state index is 13.7. The smallest absolute Gasteiger partial charge is 0.465 e. The summed E-state index contributed by atoms with van der Waals surface area (Å²) in [5.41, 5.74) is 0. The van der Waals surface area contributed by atoms with Crippen molar-refractivity contribution in [2.75, 3.05) is 13.2 Å². The fraction of sp³-hybridized carbons (Fsp3) is 0.263. The van der Waals surface area contributed by atoms with Crippen LogP contribution < -0.4 is 0 Å². The van der Waals surface area contributed by atoms with Crippen molar-refractivity contribution < 1.29 is 41.8 Å². The van der Waals surface area contributed by atoms with E-state index in [0.717, 1.165) is 12.1 Å². The van der Waals surface area contributed by atoms with Gasteiger partial charge in [-0.3, -0.25) is 19.1 Å². The van der Waals surface area contributed by atoms with Crippen LogP contribution in [0.3, 0.4) is 0 Å². The Bertz CT molecular complexity index is 1150. The molecule has 17 heteroatoms. The fourth-order valence-corrected chi connectivity index (χ4v) is 8.05. The van der Waals surface area contributed by atoms with E-state index >= 15 is 0 Å². The molecule has 0 fully saturated rings. The Morgan fingerprint density at radius 1 is 0.972 bits per heavy atom. The molecule has 2 rings (SSSR count). The van der Waals surface area contributed by atoms with Crippen LogP contribution in [0.25, 0.3) is 0 Å². The summed E-state index contributed by atoms with van der Waals surface area (Å²) in [6.07, 6.45) is -5.65. The van der Waals surface area contributed by atoms with E-state index in [9.17, 15) is 37.1 Å². The highest BCUT2D eigenvalue weighted by molar-refractivity contribution is 8.25. The molecule has 0 aliphatic carbocycles. The standard InChI is InChI=1S/C19H15Cl4F3NO6PS2/c1-2-33-16(28)9-27(17(29)18(24,25)26)19(34(30,31)32,35-14-7-10(20)3-5-12(14)22)36-15-8-11(21)4-6-13(15)23/h3-8H,2,9H2,1H3,(H2,30,31,32). The molecule has 2 aromatic rings. The van der Waals surface area contributed by atoms with Crippen LogP contribution >= 0.6 is 77.5 Å². The minimum Gasteiger partial charge on any atom is -0.465 e. The first kappa shape index (κ1) is 31.4. The summed E-state index contributed by atoms with van der Waals surface area (Å²) in [5.74, 6) is -4.08. The number of carbonyl (C=O) groups excluding carboxylic acids is 2. The van der Waals surface area contributed by atoms with E-state index < -0.39 is 36.1 Å². The fourth-order valence-electron chi connectivity index (χ4n) is 2.59. The molecule has 0 heterocycles. The lowest BCUT2D eigenvalue weighted by molar-refractivity contribution is -0.187. The highest BCUT2D eigenvalue weighted by Crippen LogP contribution is 2.69. The number of alkyl halides is 3. The van der Waals surface area contributed by atoms with Gasteiger partial charge < -0.3 is 14.5 Å². The Hall–Kier alpha value is -0.820. The number of carbonyl (C=O) groups is 2. The summed E-state index contributed by atoms with van der Waals surface area (Å²) in [5, 5.41) is -0.274. The van der Waals surface area contributed by atoms with E-state index in [1.54, 1.807) is 0 Å². The number of hydrogen-bond acceptors (Lipinski definition) is 6. The van der Waals surface area contributed by atoms with Crippen LogP contribution in [-0.4, -0.2) is 49.8 Å². The molecule has 0 saturated carbocycles. The molecule has 1 amide bonds. The summed E-state index contributed by atoms with van der Waals surface area (Å²) in [6.45, 7) is -0.408. The summed E-state index contributed by atoms with van der Waals surface area (Å²) in [6, 6.07) is 7.36. The largest absolute Gasteiger partial charge is 0.471 e. The number of halogens is 7. The monoisotopic (exact) mass is 645 g/mol. The molecule has 7 nitrogen and oxygen atoms in total. The summed E-state index contributed by atoms with van der Waals surface area (Å²) in [7, 11) is -5.84. The number of thioether (sulfide) groups is 2. The second kappa shape index (κ2) is 12.4. The number of hydrogen-bond donors (Lipinski definition) is 2. The van der Waals surface area contributed by atoms with Gasteiger partial charge in [-0.1, -0.05) is 69.9 Å². The quantitative estimate of drug-likeness (QED) is 0.131. The van der Waals surface area contributed by atoms with Crippen LogP contribution in [0.5, 0.6) is 0 Å². The molecule has 2 N–H and O–H groups in total. The van der Waals surface area contributed by atoms with Gasteiger partial charge >= 0.3 is 25.6 Å². The maximum Gasteiger partial charge on any atom is 0.471 e. The molecule has 2 aromatic carbocycles. The molecule has 0 spiro atoms. The minimum absolute atomic E-state index is 0.0198. The normalized spacial score (nSPS) is 12.4. The van der Waals surface area contributed by atoms with E-state index in [4.69, 9.17) is 46.4 Å². The molecule has 36 heavy (non-hydrogen) atoms. The first-order chi connectivity index (χ1) is 16.5. The van der Waals surface area contributed by atoms with E-state index in [1.807, 2.05) is 0 Å². The van der Waals surface area contributed by atoms with Crippen molar-refractivity contribution in [1.29, 1.82) is 0 Å². The number of amides is 1. The zero-order chi connectivity index (χ0) is 27.5. The van der Waals surface area contributed by atoms with Gasteiger partial charge in [0, 0.05) is 19.8 Å². The molecule has 0 unspecified atom stereocenters. The van der Waals surface area contributed by atoms with Gasteiger partial charge in [-0.15, -0.1) is 0 Å². The number of ether oxygens (including phenoxy) is 1. The van der Waals surface area contributed by atoms with Crippen molar-refractivity contribution in [3.63, 3.8) is 0 Å². The zero-order valence-electron chi connectivity index (χ0n) is 17.8. The maximum atomic E-state index is 13.7. The first-order valence-electron chi connectivity index (χ1n) is 9.40. The van der Waals surface area contributed by atoms with E-state index in [-0.39, 0.29) is 64.9 Å². The van der Waals surface area contributed by atoms with Gasteiger partial charge in [-0.25, -0.2) is 0 Å². The van der Waals surface area contributed by atoms with Crippen LogP contribution in [0.2, 0.25) is 20.1 Å². The predicted octanol–water partition coefficient (Wildman–Crippen LogP) is 6.93. The van der Waals surface area contributed by atoms with Gasteiger partial charge in [-0.05, 0) is 43.3 Å². The van der Waals surface area contributed by atoms with Crippen molar-refractivity contribution in [3.05, 3.63) is 56.5 Å². The van der Waals surface area contributed by atoms with Crippen LogP contribution in [0.1, 0.15) is 6.92 Å². The van der Waals surface area contributed by atoms with Crippen LogP contribution in [0.15, 0.2) is 46.2 Å². The lowest BCUT2D eigenvalue weighted by Crippen LogP contribution is -2.54. The Morgan fingerprint density at radius 2 is 1.42 bits per heavy atom. The molecule has 0 aliphatic rings. The molecule has 198 valence electrons. The number of nitrogens with zero attached hydrogens (tertiary/aromatic N) is 1. The molecule has 0 aromatic heterocycles. The SMILES string of the molecule is CCOC(=O)CN(C(=O)C(F)(F)F)C(Sc1cc(Cl)ccc1Cl)(Sc1cc(Cl)ccc1Cl)P(=O)(O)O. The molecular formula is C19H15Cl4F3NO6PS2. The lowest BCUT2D eigenvalue weighted by Gasteiger charge is -2.42. The third-order valence-electron chi connectivity index (χ3n) is 4.06. The first-order valence-corrected chi connectivity index (χ1v) is 14.2. The van der Waals surface area contributed by atoms with Gasteiger partial charge in [0.05, 0.1) is 16.7 Å². The van der Waals surface area contributed by atoms with Gasteiger partial charge in [-0.2, -0.15) is 13.2 Å². The molecule has 0 saturated heterocycles. The average Bonchev–Trinajstić information content (AvgIpc) is 2.75. The molecule has 0 bridgehead atoms. The van der Waals surface area contributed by atoms with Crippen molar-refractivity contribution >= 4 is 89.4 Å². The molecular weight excluding hydrogens is 632 g/mol. The Labute approximate surface area is 231 Å². The third-order valence-corrected chi connectivity index (χ3v) is 11.0. The van der Waals surface area contributed by atoms with Gasteiger partial charge in [0.2, 0.25) is 3.94 Å². The van der Waals surface area contributed by atoms with Crippen molar-refractivity contribution in [3.8, 4) is 0 Å². The van der Waals surface area contributed by atoms with Crippen molar-refractivity contribution in [2.24, 2.45) is 0 Å². The Morgan fingerprint density at radius 3 is 1.78 bits per heavy atom. The van der Waals surface area contributed by atoms with E-state index in [0.29, 0.717) is 0 Å². The molecule has 0 radical (unpaired) electrons. The lowest BCUT2D eigenvalue weighted by atomic mass is 10.4. The Balaban J connectivity index is 2.91. The van der Waals surface area contributed by atoms with Crippen molar-refractivity contribution in [1.82, 2.24) is 4.90 Å². The van der Waals surface area contributed by atoms with Crippen molar-refractivity contribution in [2.45, 2.75) is 26.8 Å². The van der Waals surface area contributed by atoms with Gasteiger partial charge in [0.15, 0.2) is 0 Å². The number of esters is 1. The van der Waals surface area contributed by atoms with E-state index in [2.05, 4.69) is 4.74 Å². The zero-order valence-corrected chi connectivity index (χ0v) is 23.3. The number of rotatable bonds is 9. The summed E-state index contributed by atoms with van der Waals surface area (Å²) >= 11 is 24.4. The predicted molar refractivity (Wildman–Crippen MR) is 134 cm³/mol. The van der Waals surface area contributed by atoms with Gasteiger partial charge in [0.1, 0.15) is 6.54 Å². The molecule has 0 aliphatic heterocycles. The van der Waals surface area contributed by atoms with Crippen LogP contribution in [0, 0.1) is 0 Å². The minimum atomic E-state index is -5.84. The van der Waals surface area contributed by atoms with E-state index in [1.165, 1.54) is 31.2 Å². The van der Waals surface area contributed by atoms with Gasteiger partial charge in [0.25, 0.3) is 0 Å².